The first kappa shape index (κ1) is 11.4. The minimum Gasteiger partial charge on any atom is -0.312 e. The number of amides is 1. The maximum absolute atomic E-state index is 12.0. The van der Waals surface area contributed by atoms with E-state index in [0.29, 0.717) is 10.7 Å². The fraction of sp³-hybridized carbons (Fsp3) is 0.231. The first-order valence-electron chi connectivity index (χ1n) is 5.86. The molecule has 0 saturated carbocycles. The van der Waals surface area contributed by atoms with Crippen molar-refractivity contribution in [1.82, 2.24) is 10.3 Å². The number of benzene rings is 1. The summed E-state index contributed by atoms with van der Waals surface area (Å²) in [5.74, 6) is -0.0988. The average Bonchev–Trinajstić information content (AvgIpc) is 2.91. The molecule has 2 N–H and O–H groups in total. The van der Waals surface area contributed by atoms with E-state index in [1.807, 2.05) is 23.6 Å². The molecule has 92 valence electrons. The third-order valence-electron chi connectivity index (χ3n) is 3.01. The lowest BCUT2D eigenvalue weighted by Crippen LogP contribution is -2.24. The first-order chi connectivity index (χ1) is 8.83. The lowest BCUT2D eigenvalue weighted by Gasteiger charge is -2.17. The van der Waals surface area contributed by atoms with Crippen LogP contribution < -0.4 is 10.6 Å². The van der Waals surface area contributed by atoms with Crippen molar-refractivity contribution < 1.29 is 4.79 Å². The van der Waals surface area contributed by atoms with Crippen molar-refractivity contribution >= 4 is 22.4 Å². The Bertz CT molecular complexity index is 566. The van der Waals surface area contributed by atoms with E-state index in [2.05, 4.69) is 15.6 Å². The van der Waals surface area contributed by atoms with Gasteiger partial charge in [-0.05, 0) is 36.2 Å². The van der Waals surface area contributed by atoms with Gasteiger partial charge < -0.3 is 5.32 Å². The van der Waals surface area contributed by atoms with Gasteiger partial charge in [-0.25, -0.2) is 4.98 Å². The smallest absolute Gasteiger partial charge is 0.257 e. The maximum Gasteiger partial charge on any atom is 0.257 e. The number of carbonyl (C=O) groups is 1. The molecule has 18 heavy (non-hydrogen) atoms. The van der Waals surface area contributed by atoms with Crippen molar-refractivity contribution in [2.24, 2.45) is 0 Å². The zero-order chi connectivity index (χ0) is 12.4. The van der Waals surface area contributed by atoms with Gasteiger partial charge in [-0.3, -0.25) is 10.1 Å². The van der Waals surface area contributed by atoms with Crippen LogP contribution in [0.3, 0.4) is 0 Å². The minimum absolute atomic E-state index is 0.0988. The highest BCUT2D eigenvalue weighted by Crippen LogP contribution is 2.17. The molecule has 5 heteroatoms. The Labute approximate surface area is 109 Å². The lowest BCUT2D eigenvalue weighted by atomic mass is 9.98. The van der Waals surface area contributed by atoms with Crippen molar-refractivity contribution in [3.8, 4) is 0 Å². The van der Waals surface area contributed by atoms with Crippen molar-refractivity contribution in [3.63, 3.8) is 0 Å². The molecular formula is C13H13N3OS. The molecule has 1 aromatic heterocycles. The fourth-order valence-corrected chi connectivity index (χ4v) is 2.60. The van der Waals surface area contributed by atoms with E-state index in [1.54, 1.807) is 6.20 Å². The fourth-order valence-electron chi connectivity index (χ4n) is 2.08. The van der Waals surface area contributed by atoms with Gasteiger partial charge in [0.05, 0.1) is 0 Å². The van der Waals surface area contributed by atoms with Crippen molar-refractivity contribution in [3.05, 3.63) is 46.5 Å². The molecule has 1 aromatic carbocycles. The van der Waals surface area contributed by atoms with Crippen molar-refractivity contribution in [2.75, 3.05) is 11.9 Å². The number of anilines is 1. The highest BCUT2D eigenvalue weighted by Gasteiger charge is 2.13. The lowest BCUT2D eigenvalue weighted by molar-refractivity contribution is 0.102. The van der Waals surface area contributed by atoms with Gasteiger partial charge in [0, 0.05) is 23.7 Å². The number of aromatic nitrogens is 1. The summed E-state index contributed by atoms with van der Waals surface area (Å²) in [5, 5.41) is 8.58. The van der Waals surface area contributed by atoms with Crippen LogP contribution in [0, 0.1) is 0 Å². The molecule has 0 fully saturated rings. The number of rotatable bonds is 2. The molecule has 3 rings (SSSR count). The van der Waals surface area contributed by atoms with Crippen LogP contribution in [0.2, 0.25) is 0 Å². The molecule has 1 aliphatic heterocycles. The van der Waals surface area contributed by atoms with Gasteiger partial charge in [0.1, 0.15) is 0 Å². The summed E-state index contributed by atoms with van der Waals surface area (Å²) < 4.78 is 0. The summed E-state index contributed by atoms with van der Waals surface area (Å²) in [7, 11) is 0. The monoisotopic (exact) mass is 259 g/mol. The van der Waals surface area contributed by atoms with E-state index < -0.39 is 0 Å². The number of thiazole rings is 1. The van der Waals surface area contributed by atoms with Crippen LogP contribution in [0.4, 0.5) is 5.13 Å². The van der Waals surface area contributed by atoms with Crippen LogP contribution in [-0.2, 0) is 13.0 Å². The third kappa shape index (κ3) is 2.27. The molecule has 1 aliphatic rings. The molecule has 0 saturated heterocycles. The topological polar surface area (TPSA) is 54.0 Å². The zero-order valence-electron chi connectivity index (χ0n) is 9.77. The first-order valence-corrected chi connectivity index (χ1v) is 6.74. The number of fused-ring (bicyclic) bond motifs is 1. The molecule has 2 aromatic rings. The Morgan fingerprint density at radius 1 is 1.39 bits per heavy atom. The van der Waals surface area contributed by atoms with E-state index in [4.69, 9.17) is 0 Å². The molecule has 0 spiro atoms. The van der Waals surface area contributed by atoms with Gasteiger partial charge >= 0.3 is 0 Å². The number of hydrogen-bond acceptors (Lipinski definition) is 4. The summed E-state index contributed by atoms with van der Waals surface area (Å²) in [6.07, 6.45) is 2.71. The number of carbonyl (C=O) groups excluding carboxylic acids is 1. The van der Waals surface area contributed by atoms with Crippen LogP contribution in [-0.4, -0.2) is 17.4 Å². The molecule has 0 atom stereocenters. The van der Waals surface area contributed by atoms with E-state index in [1.165, 1.54) is 22.5 Å². The predicted molar refractivity (Wildman–Crippen MR) is 71.9 cm³/mol. The average molecular weight is 259 g/mol. The minimum atomic E-state index is -0.0988. The third-order valence-corrected chi connectivity index (χ3v) is 3.70. The Morgan fingerprint density at radius 2 is 2.33 bits per heavy atom. The van der Waals surface area contributed by atoms with Gasteiger partial charge in [-0.2, -0.15) is 0 Å². The summed E-state index contributed by atoms with van der Waals surface area (Å²) in [6, 6.07) is 5.89. The Balaban J connectivity index is 1.81. The normalized spacial score (nSPS) is 14.0. The molecule has 2 heterocycles. The Morgan fingerprint density at radius 3 is 3.17 bits per heavy atom. The maximum atomic E-state index is 12.0. The van der Waals surface area contributed by atoms with Crippen LogP contribution >= 0.6 is 11.3 Å². The SMILES string of the molecule is O=C(Nc1nccs1)c1ccc2c(c1)CNCC2. The standard InChI is InChI=1S/C13H13N3OS/c17-12(16-13-15-5-6-18-13)10-2-1-9-3-4-14-8-11(9)7-10/h1-2,5-7,14H,3-4,8H2,(H,15,16,17). The van der Waals surface area contributed by atoms with E-state index in [0.717, 1.165) is 19.5 Å². The van der Waals surface area contributed by atoms with Gasteiger partial charge in [0.25, 0.3) is 5.91 Å². The largest absolute Gasteiger partial charge is 0.312 e. The second kappa shape index (κ2) is 4.88. The second-order valence-electron chi connectivity index (χ2n) is 4.20. The second-order valence-corrected chi connectivity index (χ2v) is 5.10. The van der Waals surface area contributed by atoms with Gasteiger partial charge in [0.2, 0.25) is 0 Å². The molecule has 1 amide bonds. The summed E-state index contributed by atoms with van der Waals surface area (Å²) in [5.41, 5.74) is 3.24. The molecule has 0 unspecified atom stereocenters. The number of hydrogen-bond donors (Lipinski definition) is 2. The van der Waals surface area contributed by atoms with Crippen LogP contribution in [0.1, 0.15) is 21.5 Å². The molecular weight excluding hydrogens is 246 g/mol. The Hall–Kier alpha value is -1.72. The van der Waals surface area contributed by atoms with E-state index >= 15 is 0 Å². The van der Waals surface area contributed by atoms with Crippen LogP contribution in [0.25, 0.3) is 0 Å². The van der Waals surface area contributed by atoms with Crippen molar-refractivity contribution in [1.29, 1.82) is 0 Å². The predicted octanol–water partition coefficient (Wildman–Crippen LogP) is 2.04. The summed E-state index contributed by atoms with van der Waals surface area (Å²) >= 11 is 1.42. The summed E-state index contributed by atoms with van der Waals surface area (Å²) in [6.45, 7) is 1.85. The number of nitrogens with one attached hydrogen (secondary N) is 2. The van der Waals surface area contributed by atoms with Crippen LogP contribution in [0.15, 0.2) is 29.8 Å². The van der Waals surface area contributed by atoms with Gasteiger partial charge in [-0.1, -0.05) is 6.07 Å². The van der Waals surface area contributed by atoms with E-state index in [9.17, 15) is 4.79 Å². The molecule has 0 radical (unpaired) electrons. The quantitative estimate of drug-likeness (QED) is 0.867. The van der Waals surface area contributed by atoms with E-state index in [-0.39, 0.29) is 5.91 Å². The highest BCUT2D eigenvalue weighted by atomic mass is 32.1. The highest BCUT2D eigenvalue weighted by molar-refractivity contribution is 7.13. The Kier molecular flexibility index (Phi) is 3.08. The van der Waals surface area contributed by atoms with Crippen LogP contribution in [0.5, 0.6) is 0 Å². The summed E-state index contributed by atoms with van der Waals surface area (Å²) in [4.78, 5) is 16.1. The van der Waals surface area contributed by atoms with Gasteiger partial charge in [-0.15, -0.1) is 11.3 Å². The van der Waals surface area contributed by atoms with Gasteiger partial charge in [0.15, 0.2) is 5.13 Å². The molecule has 0 bridgehead atoms. The molecule has 0 aliphatic carbocycles. The zero-order valence-corrected chi connectivity index (χ0v) is 10.6. The van der Waals surface area contributed by atoms with Crippen molar-refractivity contribution in [2.45, 2.75) is 13.0 Å². The number of nitrogens with zero attached hydrogens (tertiary/aromatic N) is 1. The molecule has 4 nitrogen and oxygen atoms in total.